The minimum Gasteiger partial charge on any atom is -0.466 e. The van der Waals surface area contributed by atoms with Crippen LogP contribution in [0.3, 0.4) is 0 Å². The van der Waals surface area contributed by atoms with E-state index in [9.17, 15) is 18.0 Å². The Hall–Kier alpha value is -0.150. The minimum atomic E-state index is -4.57. The summed E-state index contributed by atoms with van der Waals surface area (Å²) in [6.45, 7) is 2.57. The zero-order valence-electron chi connectivity index (χ0n) is 19.8. The molecule has 0 aromatic carbocycles. The molecule has 2 N–H and O–H groups in total. The van der Waals surface area contributed by atoms with Gasteiger partial charge in [-0.1, -0.05) is 103 Å². The average Bonchev–Trinajstić information content (AvgIpc) is 2.67. The smallest absolute Gasteiger partial charge is 0.359 e. The second-order valence-electron chi connectivity index (χ2n) is 8.02. The Balaban J connectivity index is 0. The van der Waals surface area contributed by atoms with Crippen LogP contribution in [0.1, 0.15) is 122 Å². The number of amides is 1. The van der Waals surface area contributed by atoms with Gasteiger partial charge in [-0.25, -0.2) is 4.72 Å². The quantitative estimate of drug-likeness (QED) is 0.104. The third-order valence-electron chi connectivity index (χ3n) is 5.06. The van der Waals surface area contributed by atoms with Gasteiger partial charge >= 0.3 is 16.3 Å². The van der Waals surface area contributed by atoms with Crippen molar-refractivity contribution in [2.75, 3.05) is 6.61 Å². The van der Waals surface area contributed by atoms with E-state index in [-0.39, 0.29) is 42.4 Å². The third kappa shape index (κ3) is 27.8. The molecule has 1 amide bonds. The van der Waals surface area contributed by atoms with E-state index in [1.807, 2.05) is 0 Å². The molecule has 0 bridgehead atoms. The molecule has 0 saturated carbocycles. The van der Waals surface area contributed by atoms with Crippen LogP contribution in [0.2, 0.25) is 0 Å². The second-order valence-corrected chi connectivity index (χ2v) is 9.18. The first kappa shape index (κ1) is 33.0. The van der Waals surface area contributed by atoms with Crippen LogP contribution in [-0.4, -0.2) is 61.0 Å². The Labute approximate surface area is 212 Å². The van der Waals surface area contributed by atoms with E-state index in [2.05, 4.69) is 6.92 Å². The molecule has 0 aliphatic carbocycles. The van der Waals surface area contributed by atoms with E-state index in [0.717, 1.165) is 19.3 Å². The Morgan fingerprint density at radius 2 is 1.10 bits per heavy atom. The van der Waals surface area contributed by atoms with Crippen molar-refractivity contribution in [1.29, 1.82) is 0 Å². The molecule has 0 rings (SSSR count). The van der Waals surface area contributed by atoms with E-state index >= 15 is 0 Å². The van der Waals surface area contributed by atoms with Gasteiger partial charge in [0.15, 0.2) is 0 Å². The minimum absolute atomic E-state index is 0. The maximum atomic E-state index is 11.5. The van der Waals surface area contributed by atoms with Crippen LogP contribution in [0, 0.1) is 0 Å². The summed E-state index contributed by atoms with van der Waals surface area (Å²) in [6.07, 6.45) is 19.9. The van der Waals surface area contributed by atoms with Crippen molar-refractivity contribution in [3.8, 4) is 0 Å². The van der Waals surface area contributed by atoms with Gasteiger partial charge in [0, 0.05) is 36.0 Å². The molecule has 7 nitrogen and oxygen atoms in total. The average molecular weight is 473 g/mol. The molecule has 0 heterocycles. The summed E-state index contributed by atoms with van der Waals surface area (Å²) in [6, 6.07) is 0. The SMILES string of the molecule is CCCCCCCCCCCCCCCCCCOC(=O)CCC(=O)NS(=O)(=O)O.[Na]. The summed E-state index contributed by atoms with van der Waals surface area (Å²) in [5, 5.41) is 0. The van der Waals surface area contributed by atoms with E-state index in [0.29, 0.717) is 6.61 Å². The molecule has 9 heteroatoms. The second kappa shape index (κ2) is 23.0. The zero-order valence-corrected chi connectivity index (χ0v) is 22.6. The van der Waals surface area contributed by atoms with Gasteiger partial charge in [-0.15, -0.1) is 0 Å². The monoisotopic (exact) mass is 472 g/mol. The normalized spacial score (nSPS) is 11.0. The van der Waals surface area contributed by atoms with Crippen molar-refractivity contribution in [3.63, 3.8) is 0 Å². The van der Waals surface area contributed by atoms with E-state index in [1.54, 1.807) is 0 Å². The number of hydrogen-bond acceptors (Lipinski definition) is 5. The van der Waals surface area contributed by atoms with Gasteiger partial charge in [-0.3, -0.25) is 14.1 Å². The van der Waals surface area contributed by atoms with Gasteiger partial charge in [-0.05, 0) is 6.42 Å². The molecule has 0 fully saturated rings. The molecule has 31 heavy (non-hydrogen) atoms. The van der Waals surface area contributed by atoms with Crippen LogP contribution in [-0.2, 0) is 24.6 Å². The topological polar surface area (TPSA) is 110 Å². The van der Waals surface area contributed by atoms with E-state index in [1.165, 1.54) is 88.2 Å². The summed E-state index contributed by atoms with van der Waals surface area (Å²) < 4.78 is 35.7. The molecule has 0 saturated heterocycles. The van der Waals surface area contributed by atoms with Crippen LogP contribution in [0.4, 0.5) is 0 Å². The standard InChI is InChI=1S/C22H43NO6S.Na/c1-2-3-4-5-6-7-8-9-10-11-12-13-14-15-16-17-20-29-22(25)19-18-21(24)23-30(26,27)28;/h2-20H2,1H3,(H,23,24)(H,26,27,28);. The maximum Gasteiger partial charge on any atom is 0.359 e. The Bertz CT molecular complexity index is 542. The van der Waals surface area contributed by atoms with E-state index in [4.69, 9.17) is 9.29 Å². The molecular weight excluding hydrogens is 429 g/mol. The van der Waals surface area contributed by atoms with Gasteiger partial charge in [-0.2, -0.15) is 8.42 Å². The molecule has 0 aromatic heterocycles. The number of ether oxygens (including phenoxy) is 1. The predicted octanol–water partition coefficient (Wildman–Crippen LogP) is 5.11. The number of rotatable bonds is 21. The van der Waals surface area contributed by atoms with Crippen LogP contribution >= 0.6 is 0 Å². The Morgan fingerprint density at radius 3 is 1.48 bits per heavy atom. The van der Waals surface area contributed by atoms with Crippen LogP contribution in [0.25, 0.3) is 0 Å². The maximum absolute atomic E-state index is 11.5. The van der Waals surface area contributed by atoms with Crippen molar-refractivity contribution >= 4 is 51.7 Å². The van der Waals surface area contributed by atoms with Gasteiger partial charge in [0.1, 0.15) is 0 Å². The third-order valence-corrected chi connectivity index (χ3v) is 5.55. The number of nitrogens with one attached hydrogen (secondary N) is 1. The van der Waals surface area contributed by atoms with Crippen LogP contribution in [0.5, 0.6) is 0 Å². The number of hydrogen-bond donors (Lipinski definition) is 2. The van der Waals surface area contributed by atoms with Crippen molar-refractivity contribution in [3.05, 3.63) is 0 Å². The van der Waals surface area contributed by atoms with Crippen molar-refractivity contribution in [2.45, 2.75) is 122 Å². The van der Waals surface area contributed by atoms with E-state index < -0.39 is 22.2 Å². The fourth-order valence-corrected chi connectivity index (χ4v) is 3.71. The summed E-state index contributed by atoms with van der Waals surface area (Å²) in [5.74, 6) is -1.47. The summed E-state index contributed by atoms with van der Waals surface area (Å²) >= 11 is 0. The molecular formula is C22H43NNaO6S. The summed E-state index contributed by atoms with van der Waals surface area (Å²) in [7, 11) is -4.57. The van der Waals surface area contributed by atoms with Crippen molar-refractivity contribution in [2.24, 2.45) is 0 Å². The first-order chi connectivity index (χ1) is 14.3. The molecule has 0 aliphatic rings. The summed E-state index contributed by atoms with van der Waals surface area (Å²) in [5.41, 5.74) is 0. The van der Waals surface area contributed by atoms with Gasteiger partial charge in [0.25, 0.3) is 0 Å². The van der Waals surface area contributed by atoms with Gasteiger partial charge in [0.05, 0.1) is 13.0 Å². The molecule has 1 radical (unpaired) electrons. The fourth-order valence-electron chi connectivity index (χ4n) is 3.32. The van der Waals surface area contributed by atoms with Gasteiger partial charge < -0.3 is 4.74 Å². The van der Waals surface area contributed by atoms with Gasteiger partial charge in [0.2, 0.25) is 5.91 Å². The molecule has 0 aromatic rings. The first-order valence-corrected chi connectivity index (χ1v) is 13.2. The Kier molecular flexibility index (Phi) is 24.5. The number of unbranched alkanes of at least 4 members (excludes halogenated alkanes) is 15. The number of carbonyl (C=O) groups is 2. The predicted molar refractivity (Wildman–Crippen MR) is 125 cm³/mol. The summed E-state index contributed by atoms with van der Waals surface area (Å²) in [4.78, 5) is 22.6. The Morgan fingerprint density at radius 1 is 0.710 bits per heavy atom. The number of esters is 1. The number of carbonyl (C=O) groups excluding carboxylic acids is 2. The molecule has 0 aliphatic heterocycles. The zero-order chi connectivity index (χ0) is 22.5. The molecule has 0 unspecified atom stereocenters. The largest absolute Gasteiger partial charge is 0.466 e. The van der Waals surface area contributed by atoms with Crippen molar-refractivity contribution in [1.82, 2.24) is 4.72 Å². The van der Waals surface area contributed by atoms with Crippen LogP contribution < -0.4 is 4.72 Å². The molecule has 0 spiro atoms. The first-order valence-electron chi connectivity index (χ1n) is 11.8. The fraction of sp³-hybridized carbons (Fsp3) is 0.909. The van der Waals surface area contributed by atoms with Crippen molar-refractivity contribution < 1.29 is 27.3 Å². The molecule has 179 valence electrons. The van der Waals surface area contributed by atoms with Crippen LogP contribution in [0.15, 0.2) is 0 Å². The molecule has 0 atom stereocenters.